The van der Waals surface area contributed by atoms with E-state index in [4.69, 9.17) is 4.74 Å². The summed E-state index contributed by atoms with van der Waals surface area (Å²) in [5, 5.41) is 0.472. The monoisotopic (exact) mass is 298 g/mol. The third-order valence-corrected chi connectivity index (χ3v) is 4.94. The van der Waals surface area contributed by atoms with Gasteiger partial charge in [0.1, 0.15) is 12.4 Å². The standard InChI is InChI=1S/C18H18O2S/c1-2-17(19)13-7-9-15(10-8-13)20-12-16-11-14-5-3-4-6-18(14)21-16/h3-10,16H,2,11-12H2,1H3. The molecule has 0 N–H and O–H groups in total. The normalized spacial score (nSPS) is 16.5. The number of ketones is 1. The first-order valence-corrected chi connectivity index (χ1v) is 8.15. The van der Waals surface area contributed by atoms with Crippen LogP contribution in [0.3, 0.4) is 0 Å². The van der Waals surface area contributed by atoms with Crippen LogP contribution in [0, 0.1) is 0 Å². The number of fused-ring (bicyclic) bond motifs is 1. The fourth-order valence-electron chi connectivity index (χ4n) is 2.48. The molecule has 0 amide bonds. The molecule has 108 valence electrons. The lowest BCUT2D eigenvalue weighted by atomic mass is 10.1. The van der Waals surface area contributed by atoms with E-state index in [2.05, 4.69) is 24.3 Å². The quantitative estimate of drug-likeness (QED) is 0.766. The molecule has 3 rings (SSSR count). The molecule has 1 unspecified atom stereocenters. The van der Waals surface area contributed by atoms with Crippen LogP contribution in [0.25, 0.3) is 0 Å². The van der Waals surface area contributed by atoms with Gasteiger partial charge < -0.3 is 4.74 Å². The van der Waals surface area contributed by atoms with Crippen molar-refractivity contribution in [2.24, 2.45) is 0 Å². The van der Waals surface area contributed by atoms with Gasteiger partial charge in [0.15, 0.2) is 5.78 Å². The average molecular weight is 298 g/mol. The summed E-state index contributed by atoms with van der Waals surface area (Å²) in [7, 11) is 0. The van der Waals surface area contributed by atoms with Gasteiger partial charge in [-0.1, -0.05) is 25.1 Å². The molecular formula is C18H18O2S. The lowest BCUT2D eigenvalue weighted by Gasteiger charge is -2.11. The maximum atomic E-state index is 11.6. The first-order chi connectivity index (χ1) is 10.3. The van der Waals surface area contributed by atoms with Gasteiger partial charge in [-0.25, -0.2) is 0 Å². The van der Waals surface area contributed by atoms with Gasteiger partial charge in [-0.2, -0.15) is 0 Å². The maximum Gasteiger partial charge on any atom is 0.162 e. The minimum absolute atomic E-state index is 0.170. The number of hydrogen-bond donors (Lipinski definition) is 0. The molecule has 3 heteroatoms. The van der Waals surface area contributed by atoms with Crippen molar-refractivity contribution >= 4 is 17.5 Å². The molecule has 0 spiro atoms. The Hall–Kier alpha value is -1.74. The first kappa shape index (κ1) is 14.2. The Morgan fingerprint density at radius 2 is 1.95 bits per heavy atom. The molecule has 0 fully saturated rings. The summed E-state index contributed by atoms with van der Waals surface area (Å²) >= 11 is 1.89. The Labute approximate surface area is 129 Å². The predicted molar refractivity (Wildman–Crippen MR) is 86.3 cm³/mol. The lowest BCUT2D eigenvalue weighted by molar-refractivity contribution is 0.0988. The van der Waals surface area contributed by atoms with Crippen molar-refractivity contribution in [3.05, 3.63) is 59.7 Å². The van der Waals surface area contributed by atoms with Gasteiger partial charge in [0, 0.05) is 22.1 Å². The molecule has 2 nitrogen and oxygen atoms in total. The molecular weight excluding hydrogens is 280 g/mol. The second kappa shape index (κ2) is 6.35. The highest BCUT2D eigenvalue weighted by atomic mass is 32.2. The number of benzene rings is 2. The lowest BCUT2D eigenvalue weighted by Crippen LogP contribution is -2.13. The number of carbonyl (C=O) groups is 1. The van der Waals surface area contributed by atoms with Crippen molar-refractivity contribution in [2.45, 2.75) is 29.9 Å². The van der Waals surface area contributed by atoms with E-state index in [0.29, 0.717) is 18.3 Å². The van der Waals surface area contributed by atoms with Crippen molar-refractivity contribution in [3.8, 4) is 5.75 Å². The van der Waals surface area contributed by atoms with E-state index < -0.39 is 0 Å². The SMILES string of the molecule is CCC(=O)c1ccc(OCC2Cc3ccccc3S2)cc1. The number of carbonyl (C=O) groups excluding carboxylic acids is 1. The van der Waals surface area contributed by atoms with E-state index >= 15 is 0 Å². The minimum Gasteiger partial charge on any atom is -0.492 e. The first-order valence-electron chi connectivity index (χ1n) is 7.27. The van der Waals surface area contributed by atoms with Crippen molar-refractivity contribution in [3.63, 3.8) is 0 Å². The predicted octanol–water partition coefficient (Wildman–Crippen LogP) is 4.38. The summed E-state index contributed by atoms with van der Waals surface area (Å²) in [6, 6.07) is 16.0. The topological polar surface area (TPSA) is 26.3 Å². The zero-order valence-corrected chi connectivity index (χ0v) is 12.9. The van der Waals surface area contributed by atoms with E-state index in [0.717, 1.165) is 17.7 Å². The molecule has 0 aliphatic carbocycles. The molecule has 0 saturated heterocycles. The number of ether oxygens (including phenoxy) is 1. The van der Waals surface area contributed by atoms with Crippen molar-refractivity contribution in [1.82, 2.24) is 0 Å². The zero-order chi connectivity index (χ0) is 14.7. The van der Waals surface area contributed by atoms with Gasteiger partial charge in [0.2, 0.25) is 0 Å². The molecule has 2 aromatic rings. The molecule has 1 heterocycles. The van der Waals surface area contributed by atoms with E-state index in [1.807, 2.05) is 43.0 Å². The molecule has 0 bridgehead atoms. The van der Waals surface area contributed by atoms with Crippen LogP contribution in [0.2, 0.25) is 0 Å². The zero-order valence-electron chi connectivity index (χ0n) is 12.0. The maximum absolute atomic E-state index is 11.6. The number of rotatable bonds is 5. The summed E-state index contributed by atoms with van der Waals surface area (Å²) in [6.45, 7) is 2.57. The van der Waals surface area contributed by atoms with E-state index in [-0.39, 0.29) is 5.78 Å². The van der Waals surface area contributed by atoms with Crippen LogP contribution in [0.4, 0.5) is 0 Å². The molecule has 2 aromatic carbocycles. The summed E-state index contributed by atoms with van der Waals surface area (Å²) in [6.07, 6.45) is 1.60. The fourth-order valence-corrected chi connectivity index (χ4v) is 3.70. The van der Waals surface area contributed by atoms with Crippen LogP contribution in [0.1, 0.15) is 29.3 Å². The van der Waals surface area contributed by atoms with Gasteiger partial charge in [-0.15, -0.1) is 11.8 Å². The summed E-state index contributed by atoms with van der Waals surface area (Å²) in [5.74, 6) is 1.00. The van der Waals surface area contributed by atoms with Crippen molar-refractivity contribution in [1.29, 1.82) is 0 Å². The Kier molecular flexibility index (Phi) is 4.30. The molecule has 0 aromatic heterocycles. The summed E-state index contributed by atoms with van der Waals surface area (Å²) in [4.78, 5) is 12.9. The second-order valence-electron chi connectivity index (χ2n) is 5.16. The Balaban J connectivity index is 1.56. The van der Waals surface area contributed by atoms with Crippen LogP contribution in [0.5, 0.6) is 5.75 Å². The van der Waals surface area contributed by atoms with Gasteiger partial charge in [0.05, 0.1) is 0 Å². The van der Waals surface area contributed by atoms with Crippen LogP contribution >= 0.6 is 11.8 Å². The van der Waals surface area contributed by atoms with Gasteiger partial charge in [-0.3, -0.25) is 4.79 Å². The number of thioether (sulfide) groups is 1. The van der Waals surface area contributed by atoms with Gasteiger partial charge >= 0.3 is 0 Å². The Morgan fingerprint density at radius 3 is 2.67 bits per heavy atom. The van der Waals surface area contributed by atoms with Crippen molar-refractivity contribution < 1.29 is 9.53 Å². The Morgan fingerprint density at radius 1 is 1.19 bits per heavy atom. The number of hydrogen-bond acceptors (Lipinski definition) is 3. The van der Waals surface area contributed by atoms with Gasteiger partial charge in [-0.05, 0) is 42.3 Å². The van der Waals surface area contributed by atoms with E-state index in [9.17, 15) is 4.79 Å². The highest BCUT2D eigenvalue weighted by Gasteiger charge is 2.22. The third-order valence-electron chi connectivity index (χ3n) is 3.65. The number of Topliss-reactive ketones (excluding diaryl/α,β-unsaturated/α-hetero) is 1. The fraction of sp³-hybridized carbons (Fsp3) is 0.278. The molecule has 21 heavy (non-hydrogen) atoms. The molecule has 1 aliphatic rings. The van der Waals surface area contributed by atoms with E-state index in [1.165, 1.54) is 10.5 Å². The summed E-state index contributed by atoms with van der Waals surface area (Å²) in [5.41, 5.74) is 2.17. The highest BCUT2D eigenvalue weighted by molar-refractivity contribution is 8.00. The van der Waals surface area contributed by atoms with E-state index in [1.54, 1.807) is 0 Å². The highest BCUT2D eigenvalue weighted by Crippen LogP contribution is 2.36. The smallest absolute Gasteiger partial charge is 0.162 e. The van der Waals surface area contributed by atoms with Crippen LogP contribution in [-0.2, 0) is 6.42 Å². The minimum atomic E-state index is 0.170. The molecule has 0 radical (unpaired) electrons. The Bertz CT molecular complexity index is 609. The summed E-state index contributed by atoms with van der Waals surface area (Å²) < 4.78 is 5.86. The van der Waals surface area contributed by atoms with Gasteiger partial charge in [0.25, 0.3) is 0 Å². The third kappa shape index (κ3) is 3.30. The molecule has 0 saturated carbocycles. The molecule has 1 aliphatic heterocycles. The largest absolute Gasteiger partial charge is 0.492 e. The average Bonchev–Trinajstić information content (AvgIpc) is 2.95. The van der Waals surface area contributed by atoms with Crippen molar-refractivity contribution in [2.75, 3.05) is 6.61 Å². The second-order valence-corrected chi connectivity index (χ2v) is 6.51. The van der Waals surface area contributed by atoms with Crippen LogP contribution in [-0.4, -0.2) is 17.6 Å². The van der Waals surface area contributed by atoms with Crippen LogP contribution < -0.4 is 4.74 Å². The molecule has 1 atom stereocenters. The van der Waals surface area contributed by atoms with Crippen LogP contribution in [0.15, 0.2) is 53.4 Å².